The fraction of sp³-hybridized carbons (Fsp3) is 0.632. The fourth-order valence-corrected chi connectivity index (χ4v) is 3.90. The Bertz CT molecular complexity index is 497. The number of nitrogens with one attached hydrogen (secondary N) is 1. The summed E-state index contributed by atoms with van der Waals surface area (Å²) in [6.45, 7) is 8.35. The Labute approximate surface area is 134 Å². The molecule has 1 aromatic rings. The minimum absolute atomic E-state index is 0.0260. The number of hydrogen-bond acceptors (Lipinski definition) is 2. The van der Waals surface area contributed by atoms with E-state index in [2.05, 4.69) is 48.3 Å². The molecule has 2 heterocycles. The Balaban J connectivity index is 1.64. The highest BCUT2D eigenvalue weighted by molar-refractivity contribution is 5.83. The molecule has 3 nitrogen and oxygen atoms in total. The van der Waals surface area contributed by atoms with Gasteiger partial charge in [-0.15, -0.1) is 0 Å². The Morgan fingerprint density at radius 3 is 2.32 bits per heavy atom. The molecule has 22 heavy (non-hydrogen) atoms. The maximum atomic E-state index is 12.8. The lowest BCUT2D eigenvalue weighted by atomic mass is 9.92. The van der Waals surface area contributed by atoms with Crippen molar-refractivity contribution in [1.29, 1.82) is 0 Å². The Morgan fingerprint density at radius 2 is 1.77 bits per heavy atom. The first kappa shape index (κ1) is 15.5. The molecular formula is C19H28N2O. The fourth-order valence-electron chi connectivity index (χ4n) is 3.90. The van der Waals surface area contributed by atoms with E-state index in [1.54, 1.807) is 0 Å². The molecule has 1 N–H and O–H groups in total. The van der Waals surface area contributed by atoms with Crippen molar-refractivity contribution in [3.63, 3.8) is 0 Å². The highest BCUT2D eigenvalue weighted by atomic mass is 16.2. The number of rotatable bonds is 3. The number of nitrogens with zero attached hydrogens (tertiary/aromatic N) is 1. The predicted molar refractivity (Wildman–Crippen MR) is 89.9 cm³/mol. The monoisotopic (exact) mass is 300 g/mol. The van der Waals surface area contributed by atoms with E-state index in [0.717, 1.165) is 62.8 Å². The smallest absolute Gasteiger partial charge is 0.229 e. The molecule has 120 valence electrons. The summed E-state index contributed by atoms with van der Waals surface area (Å²) < 4.78 is 0. The van der Waals surface area contributed by atoms with Crippen molar-refractivity contribution in [2.45, 2.75) is 39.0 Å². The van der Waals surface area contributed by atoms with E-state index < -0.39 is 0 Å². The molecule has 0 saturated carbocycles. The van der Waals surface area contributed by atoms with Gasteiger partial charge in [0.05, 0.1) is 5.92 Å². The van der Waals surface area contributed by atoms with Crippen LogP contribution in [-0.2, 0) is 11.2 Å². The van der Waals surface area contributed by atoms with Crippen LogP contribution in [0.3, 0.4) is 0 Å². The lowest BCUT2D eigenvalue weighted by Gasteiger charge is -2.25. The molecule has 2 saturated heterocycles. The van der Waals surface area contributed by atoms with Gasteiger partial charge in [0.25, 0.3) is 0 Å². The average molecular weight is 300 g/mol. The molecule has 1 amide bonds. The molecule has 1 unspecified atom stereocenters. The highest BCUT2D eigenvalue weighted by Crippen LogP contribution is 2.28. The highest BCUT2D eigenvalue weighted by Gasteiger charge is 2.32. The van der Waals surface area contributed by atoms with E-state index in [4.69, 9.17) is 0 Å². The van der Waals surface area contributed by atoms with Crippen LogP contribution in [-0.4, -0.2) is 37.0 Å². The molecule has 2 fully saturated rings. The zero-order valence-electron chi connectivity index (χ0n) is 13.8. The Hall–Kier alpha value is -1.35. The molecule has 0 spiro atoms. The Kier molecular flexibility index (Phi) is 4.82. The molecule has 3 heteroatoms. The molecule has 1 aromatic carbocycles. The normalized spacial score (nSPS) is 26.4. The van der Waals surface area contributed by atoms with Crippen molar-refractivity contribution in [2.75, 3.05) is 26.2 Å². The van der Waals surface area contributed by atoms with Crippen LogP contribution in [0.4, 0.5) is 0 Å². The maximum Gasteiger partial charge on any atom is 0.229 e. The van der Waals surface area contributed by atoms with Crippen LogP contribution in [0.5, 0.6) is 0 Å². The first-order valence-corrected chi connectivity index (χ1v) is 8.77. The first-order chi connectivity index (χ1) is 10.7. The maximum absolute atomic E-state index is 12.8. The minimum Gasteiger partial charge on any atom is -0.342 e. The van der Waals surface area contributed by atoms with Crippen molar-refractivity contribution in [2.24, 2.45) is 11.8 Å². The Morgan fingerprint density at radius 1 is 1.18 bits per heavy atom. The van der Waals surface area contributed by atoms with Gasteiger partial charge < -0.3 is 10.2 Å². The largest absolute Gasteiger partial charge is 0.342 e. The zero-order chi connectivity index (χ0) is 15.5. The molecule has 2 aliphatic heterocycles. The van der Waals surface area contributed by atoms with E-state index in [9.17, 15) is 4.79 Å². The third-order valence-electron chi connectivity index (χ3n) is 5.59. The molecule has 3 atom stereocenters. The summed E-state index contributed by atoms with van der Waals surface area (Å²) in [6, 6.07) is 8.55. The quantitative estimate of drug-likeness (QED) is 0.931. The third-order valence-corrected chi connectivity index (χ3v) is 5.59. The van der Waals surface area contributed by atoms with Gasteiger partial charge in [0, 0.05) is 13.1 Å². The number of carbonyl (C=O) groups is 1. The molecule has 0 aromatic heterocycles. The summed E-state index contributed by atoms with van der Waals surface area (Å²) in [5.74, 6) is 1.83. The average Bonchev–Trinajstić information content (AvgIpc) is 2.92. The summed E-state index contributed by atoms with van der Waals surface area (Å²) in [4.78, 5) is 14.9. The summed E-state index contributed by atoms with van der Waals surface area (Å²) in [7, 11) is 0. The van der Waals surface area contributed by atoms with Crippen molar-refractivity contribution in [1.82, 2.24) is 10.2 Å². The number of aryl methyl sites for hydroxylation is 1. The van der Waals surface area contributed by atoms with Crippen LogP contribution in [0, 0.1) is 11.8 Å². The number of likely N-dealkylation sites (tertiary alicyclic amines) is 1. The second kappa shape index (κ2) is 6.82. The summed E-state index contributed by atoms with van der Waals surface area (Å²) in [6.07, 6.45) is 3.36. The van der Waals surface area contributed by atoms with Crippen LogP contribution in [0.15, 0.2) is 24.3 Å². The molecule has 0 radical (unpaired) electrons. The van der Waals surface area contributed by atoms with Gasteiger partial charge in [0.15, 0.2) is 0 Å². The SMILES string of the molecule is CCc1ccc(C(C)C(=O)N2CC[C@@H]3CNC[C@@H]3CC2)cc1. The van der Waals surface area contributed by atoms with E-state index in [1.807, 2.05) is 0 Å². The van der Waals surface area contributed by atoms with E-state index in [-0.39, 0.29) is 5.92 Å². The van der Waals surface area contributed by atoms with Crippen LogP contribution in [0.2, 0.25) is 0 Å². The number of carbonyl (C=O) groups excluding carboxylic acids is 1. The van der Waals surface area contributed by atoms with Gasteiger partial charge in [-0.25, -0.2) is 0 Å². The molecule has 3 rings (SSSR count). The number of amides is 1. The van der Waals surface area contributed by atoms with Gasteiger partial charge in [0.1, 0.15) is 0 Å². The van der Waals surface area contributed by atoms with Gasteiger partial charge in [-0.3, -0.25) is 4.79 Å². The van der Waals surface area contributed by atoms with Crippen molar-refractivity contribution < 1.29 is 4.79 Å². The number of fused-ring (bicyclic) bond motifs is 1. The van der Waals surface area contributed by atoms with Gasteiger partial charge in [-0.05, 0) is 62.2 Å². The van der Waals surface area contributed by atoms with Crippen molar-refractivity contribution in [3.8, 4) is 0 Å². The number of benzene rings is 1. The lowest BCUT2D eigenvalue weighted by Crippen LogP contribution is -2.35. The molecular weight excluding hydrogens is 272 g/mol. The minimum atomic E-state index is -0.0260. The van der Waals surface area contributed by atoms with Gasteiger partial charge in [-0.1, -0.05) is 31.2 Å². The topological polar surface area (TPSA) is 32.3 Å². The van der Waals surface area contributed by atoms with E-state index in [1.165, 1.54) is 5.56 Å². The molecule has 0 aliphatic carbocycles. The lowest BCUT2D eigenvalue weighted by molar-refractivity contribution is -0.132. The van der Waals surface area contributed by atoms with E-state index in [0.29, 0.717) is 5.91 Å². The molecule has 2 aliphatic rings. The zero-order valence-corrected chi connectivity index (χ0v) is 13.8. The van der Waals surface area contributed by atoms with Gasteiger partial charge in [-0.2, -0.15) is 0 Å². The third kappa shape index (κ3) is 3.19. The van der Waals surface area contributed by atoms with Crippen molar-refractivity contribution >= 4 is 5.91 Å². The van der Waals surface area contributed by atoms with Crippen LogP contribution < -0.4 is 5.32 Å². The summed E-state index contributed by atoms with van der Waals surface area (Å²) in [5.41, 5.74) is 2.48. The molecule has 0 bridgehead atoms. The van der Waals surface area contributed by atoms with Crippen LogP contribution >= 0.6 is 0 Å². The first-order valence-electron chi connectivity index (χ1n) is 8.77. The van der Waals surface area contributed by atoms with E-state index >= 15 is 0 Å². The number of hydrogen-bond donors (Lipinski definition) is 1. The second-order valence-corrected chi connectivity index (χ2v) is 6.90. The summed E-state index contributed by atoms with van der Waals surface area (Å²) >= 11 is 0. The van der Waals surface area contributed by atoms with Gasteiger partial charge in [0.2, 0.25) is 5.91 Å². The van der Waals surface area contributed by atoms with Gasteiger partial charge >= 0.3 is 0 Å². The standard InChI is InChI=1S/C19H28N2O/c1-3-15-4-6-16(7-5-15)14(2)19(22)21-10-8-17-12-20-13-18(17)9-11-21/h4-7,14,17-18,20H,3,8-13H2,1-2H3/t14?,17-,18+. The van der Waals surface area contributed by atoms with Crippen molar-refractivity contribution in [3.05, 3.63) is 35.4 Å². The summed E-state index contributed by atoms with van der Waals surface area (Å²) in [5, 5.41) is 3.49. The predicted octanol–water partition coefficient (Wildman–Crippen LogP) is 2.81. The van der Waals surface area contributed by atoms with Crippen LogP contribution in [0.25, 0.3) is 0 Å². The van der Waals surface area contributed by atoms with Crippen LogP contribution in [0.1, 0.15) is 43.7 Å². The second-order valence-electron chi connectivity index (χ2n) is 6.90.